The van der Waals surface area contributed by atoms with E-state index in [4.69, 9.17) is 8.97 Å². The summed E-state index contributed by atoms with van der Waals surface area (Å²) in [6.07, 6.45) is 0. The predicted molar refractivity (Wildman–Crippen MR) is 78.8 cm³/mol. The van der Waals surface area contributed by atoms with Crippen LogP contribution in [0, 0.1) is 0 Å². The van der Waals surface area contributed by atoms with Gasteiger partial charge in [-0.05, 0) is 42.5 Å². The molecule has 3 aromatic rings. The van der Waals surface area contributed by atoms with Gasteiger partial charge in [0.25, 0.3) is 10.1 Å². The van der Waals surface area contributed by atoms with Crippen LogP contribution in [0.2, 0.25) is 0 Å². The molecule has 0 saturated carbocycles. The fourth-order valence-electron chi connectivity index (χ4n) is 1.97. The smallest absolute Gasteiger partial charge is 0.294 e. The number of hydrogen-bond donors (Lipinski definition) is 2. The van der Waals surface area contributed by atoms with Crippen LogP contribution in [0.3, 0.4) is 0 Å². The third kappa shape index (κ3) is 2.61. The summed E-state index contributed by atoms with van der Waals surface area (Å²) in [6, 6.07) is 11.5. The zero-order valence-electron chi connectivity index (χ0n) is 11.1. The Morgan fingerprint density at radius 2 is 1.86 bits per heavy atom. The zero-order chi connectivity index (χ0) is 15.0. The van der Waals surface area contributed by atoms with E-state index in [0.29, 0.717) is 17.0 Å². The second kappa shape index (κ2) is 4.87. The van der Waals surface area contributed by atoms with Gasteiger partial charge in [-0.1, -0.05) is 0 Å². The van der Waals surface area contributed by atoms with Crippen LogP contribution in [-0.4, -0.2) is 25.0 Å². The molecule has 1 heterocycles. The minimum atomic E-state index is -4.25. The van der Waals surface area contributed by atoms with Crippen molar-refractivity contribution in [3.05, 3.63) is 42.5 Å². The average Bonchev–Trinajstić information content (AvgIpc) is 2.89. The van der Waals surface area contributed by atoms with Crippen molar-refractivity contribution in [1.29, 1.82) is 0 Å². The van der Waals surface area contributed by atoms with Gasteiger partial charge in [-0.15, -0.1) is 0 Å². The normalized spacial score (nSPS) is 11.7. The molecule has 0 saturated heterocycles. The first-order valence-electron chi connectivity index (χ1n) is 6.13. The second-order valence-corrected chi connectivity index (χ2v) is 5.87. The van der Waals surface area contributed by atoms with Gasteiger partial charge in [-0.2, -0.15) is 8.42 Å². The SMILES string of the molecule is CNc1ccc(-c2nc3cc(S(=O)(=O)O)ccc3o2)cc1. The van der Waals surface area contributed by atoms with Crippen molar-refractivity contribution >= 4 is 26.9 Å². The zero-order valence-corrected chi connectivity index (χ0v) is 11.9. The van der Waals surface area contributed by atoms with Crippen molar-refractivity contribution in [2.24, 2.45) is 0 Å². The van der Waals surface area contributed by atoms with Crippen LogP contribution in [0.1, 0.15) is 0 Å². The molecule has 0 fully saturated rings. The van der Waals surface area contributed by atoms with Crippen molar-refractivity contribution < 1.29 is 17.4 Å². The van der Waals surface area contributed by atoms with E-state index in [9.17, 15) is 8.42 Å². The Kier molecular flexibility index (Phi) is 3.15. The Morgan fingerprint density at radius 3 is 2.48 bits per heavy atom. The molecule has 0 atom stereocenters. The van der Waals surface area contributed by atoms with Crippen LogP contribution < -0.4 is 5.32 Å². The first-order chi connectivity index (χ1) is 9.97. The Hall–Kier alpha value is -2.38. The molecular weight excluding hydrogens is 292 g/mol. The van der Waals surface area contributed by atoms with Crippen LogP contribution in [-0.2, 0) is 10.1 Å². The number of rotatable bonds is 3. The van der Waals surface area contributed by atoms with Gasteiger partial charge in [0.2, 0.25) is 5.89 Å². The number of nitrogens with one attached hydrogen (secondary N) is 1. The van der Waals surface area contributed by atoms with Gasteiger partial charge >= 0.3 is 0 Å². The Labute approximate surface area is 121 Å². The van der Waals surface area contributed by atoms with E-state index in [1.807, 2.05) is 31.3 Å². The van der Waals surface area contributed by atoms with E-state index in [1.54, 1.807) is 0 Å². The number of aromatic nitrogens is 1. The second-order valence-electron chi connectivity index (χ2n) is 4.45. The van der Waals surface area contributed by atoms with Gasteiger partial charge < -0.3 is 9.73 Å². The van der Waals surface area contributed by atoms with Crippen LogP contribution in [0.4, 0.5) is 5.69 Å². The standard InChI is InChI=1S/C14H12N2O4S/c1-15-10-4-2-9(3-5-10)14-16-12-8-11(21(17,18)19)6-7-13(12)20-14/h2-8,15H,1H3,(H,17,18,19). The lowest BCUT2D eigenvalue weighted by molar-refractivity contribution is 0.483. The predicted octanol–water partition coefficient (Wildman–Crippen LogP) is 2.78. The molecule has 0 aliphatic carbocycles. The summed E-state index contributed by atoms with van der Waals surface area (Å²) in [5.74, 6) is 0.389. The van der Waals surface area contributed by atoms with Crippen LogP contribution in [0.25, 0.3) is 22.6 Å². The van der Waals surface area contributed by atoms with Crippen molar-refractivity contribution in [3.8, 4) is 11.5 Å². The first-order valence-corrected chi connectivity index (χ1v) is 7.57. The topological polar surface area (TPSA) is 92.4 Å². The molecular formula is C14H12N2O4S. The molecule has 108 valence electrons. The third-order valence-corrected chi connectivity index (χ3v) is 3.93. The summed E-state index contributed by atoms with van der Waals surface area (Å²) >= 11 is 0. The molecule has 6 nitrogen and oxygen atoms in total. The largest absolute Gasteiger partial charge is 0.436 e. The molecule has 21 heavy (non-hydrogen) atoms. The lowest BCUT2D eigenvalue weighted by atomic mass is 10.2. The highest BCUT2D eigenvalue weighted by Gasteiger charge is 2.14. The number of hydrogen-bond acceptors (Lipinski definition) is 5. The van der Waals surface area contributed by atoms with E-state index < -0.39 is 10.1 Å². The van der Waals surface area contributed by atoms with E-state index >= 15 is 0 Å². The molecule has 7 heteroatoms. The van der Waals surface area contributed by atoms with Gasteiger partial charge in [0.05, 0.1) is 4.90 Å². The maximum atomic E-state index is 11.1. The van der Waals surface area contributed by atoms with Crippen LogP contribution >= 0.6 is 0 Å². The van der Waals surface area contributed by atoms with E-state index in [1.165, 1.54) is 18.2 Å². The van der Waals surface area contributed by atoms with Crippen molar-refractivity contribution in [3.63, 3.8) is 0 Å². The van der Waals surface area contributed by atoms with E-state index in [2.05, 4.69) is 10.3 Å². The number of nitrogens with zero attached hydrogens (tertiary/aromatic N) is 1. The molecule has 0 bridgehead atoms. The number of benzene rings is 2. The van der Waals surface area contributed by atoms with Crippen LogP contribution in [0.5, 0.6) is 0 Å². The highest BCUT2D eigenvalue weighted by molar-refractivity contribution is 7.85. The molecule has 0 aliphatic heterocycles. The van der Waals surface area contributed by atoms with Crippen molar-refractivity contribution in [2.75, 3.05) is 12.4 Å². The lowest BCUT2D eigenvalue weighted by Crippen LogP contribution is -1.97. The first kappa shape index (κ1) is 13.6. The minimum absolute atomic E-state index is 0.208. The average molecular weight is 304 g/mol. The molecule has 0 spiro atoms. The molecule has 2 aromatic carbocycles. The summed E-state index contributed by atoms with van der Waals surface area (Å²) in [5.41, 5.74) is 2.56. The third-order valence-electron chi connectivity index (χ3n) is 3.08. The van der Waals surface area contributed by atoms with E-state index in [0.717, 1.165) is 11.3 Å². The summed E-state index contributed by atoms with van der Waals surface area (Å²) < 4.78 is 36.9. The molecule has 2 N–H and O–H groups in total. The maximum Gasteiger partial charge on any atom is 0.294 e. The molecule has 0 amide bonds. The Bertz CT molecular complexity index is 898. The lowest BCUT2D eigenvalue weighted by Gasteiger charge is -1.99. The van der Waals surface area contributed by atoms with E-state index in [-0.39, 0.29) is 4.90 Å². The van der Waals surface area contributed by atoms with Crippen LogP contribution in [0.15, 0.2) is 51.8 Å². The van der Waals surface area contributed by atoms with Crippen molar-refractivity contribution in [2.45, 2.75) is 4.90 Å². The fraction of sp³-hybridized carbons (Fsp3) is 0.0714. The monoisotopic (exact) mass is 304 g/mol. The molecule has 0 aliphatic rings. The van der Waals surface area contributed by atoms with Gasteiger partial charge in [0.15, 0.2) is 5.58 Å². The number of anilines is 1. The Morgan fingerprint density at radius 1 is 1.14 bits per heavy atom. The maximum absolute atomic E-state index is 11.1. The van der Waals surface area contributed by atoms with Crippen molar-refractivity contribution in [1.82, 2.24) is 4.98 Å². The molecule has 0 unspecified atom stereocenters. The molecule has 0 radical (unpaired) electrons. The summed E-state index contributed by atoms with van der Waals surface area (Å²) in [5, 5.41) is 3.01. The molecule has 1 aromatic heterocycles. The van der Waals surface area contributed by atoms with Gasteiger partial charge in [-0.25, -0.2) is 4.98 Å². The minimum Gasteiger partial charge on any atom is -0.436 e. The van der Waals surface area contributed by atoms with Gasteiger partial charge in [-0.3, -0.25) is 4.55 Å². The summed E-state index contributed by atoms with van der Waals surface area (Å²) in [7, 11) is -2.42. The van der Waals surface area contributed by atoms with Gasteiger partial charge in [0, 0.05) is 18.3 Å². The quantitative estimate of drug-likeness (QED) is 0.723. The summed E-state index contributed by atoms with van der Waals surface area (Å²) in [6.45, 7) is 0. The van der Waals surface area contributed by atoms with Gasteiger partial charge in [0.1, 0.15) is 5.52 Å². The fourth-order valence-corrected chi connectivity index (χ4v) is 2.47. The Balaban J connectivity index is 2.08. The number of oxazole rings is 1. The highest BCUT2D eigenvalue weighted by atomic mass is 32.2. The highest BCUT2D eigenvalue weighted by Crippen LogP contribution is 2.26. The molecule has 3 rings (SSSR count). The summed E-state index contributed by atoms with van der Waals surface area (Å²) in [4.78, 5) is 4.04. The number of fused-ring (bicyclic) bond motifs is 1.